The van der Waals surface area contributed by atoms with E-state index in [9.17, 15) is 9.90 Å². The number of phenolic OH excluding ortho intramolecular Hbond substituents is 1. The van der Waals surface area contributed by atoms with Crippen LogP contribution >= 0.6 is 34.8 Å². The number of piperazine rings is 1. The molecule has 26 heavy (non-hydrogen) atoms. The van der Waals surface area contributed by atoms with Gasteiger partial charge in [0.25, 0.3) is 5.91 Å². The molecule has 1 fully saturated rings. The molecular formula is C18H19Cl3N3O2+. The van der Waals surface area contributed by atoms with Crippen molar-refractivity contribution in [1.29, 1.82) is 0 Å². The minimum Gasteiger partial charge on any atom is -0.506 e. The highest BCUT2D eigenvalue weighted by atomic mass is 35.5. The topological polar surface area (TPSA) is 57.0 Å². The molecule has 0 saturated carbocycles. The lowest BCUT2D eigenvalue weighted by molar-refractivity contribution is -0.880. The molecule has 3 rings (SSSR count). The number of nitrogens with zero attached hydrogens (tertiary/aromatic N) is 1. The van der Waals surface area contributed by atoms with E-state index >= 15 is 0 Å². The number of anilines is 2. The molecule has 0 aliphatic carbocycles. The van der Waals surface area contributed by atoms with Crippen molar-refractivity contribution in [2.24, 2.45) is 0 Å². The fourth-order valence-electron chi connectivity index (χ4n) is 2.91. The number of quaternary nitrogens is 1. The Labute approximate surface area is 167 Å². The molecule has 1 aliphatic heterocycles. The van der Waals surface area contributed by atoms with Gasteiger partial charge in [-0.15, -0.1) is 0 Å². The maximum absolute atomic E-state index is 12.4. The Hall–Kier alpha value is -1.66. The van der Waals surface area contributed by atoms with Crippen LogP contribution in [-0.2, 0) is 0 Å². The summed E-state index contributed by atoms with van der Waals surface area (Å²) in [6, 6.07) is 8.11. The molecule has 0 unspecified atom stereocenters. The number of rotatable bonds is 3. The van der Waals surface area contributed by atoms with Gasteiger partial charge in [0.15, 0.2) is 0 Å². The van der Waals surface area contributed by atoms with Gasteiger partial charge in [-0.3, -0.25) is 4.79 Å². The van der Waals surface area contributed by atoms with E-state index in [0.29, 0.717) is 10.7 Å². The highest BCUT2D eigenvalue weighted by Crippen LogP contribution is 2.33. The largest absolute Gasteiger partial charge is 0.506 e. The van der Waals surface area contributed by atoms with E-state index in [1.54, 1.807) is 12.1 Å². The lowest BCUT2D eigenvalue weighted by atomic mass is 10.1. The van der Waals surface area contributed by atoms with Crippen molar-refractivity contribution in [3.05, 3.63) is 51.0 Å². The predicted molar refractivity (Wildman–Crippen MR) is 106 cm³/mol. The van der Waals surface area contributed by atoms with Gasteiger partial charge >= 0.3 is 0 Å². The first-order chi connectivity index (χ1) is 12.3. The normalized spacial score (nSPS) is 15.2. The maximum atomic E-state index is 12.4. The molecule has 138 valence electrons. The number of phenols is 1. The van der Waals surface area contributed by atoms with Gasteiger partial charge in [0, 0.05) is 10.7 Å². The third-order valence-corrected chi connectivity index (χ3v) is 5.25. The summed E-state index contributed by atoms with van der Waals surface area (Å²) < 4.78 is 0. The molecule has 3 N–H and O–H groups in total. The van der Waals surface area contributed by atoms with Gasteiger partial charge in [0.1, 0.15) is 5.75 Å². The Bertz CT molecular complexity index is 837. The van der Waals surface area contributed by atoms with E-state index in [2.05, 4.69) is 17.3 Å². The van der Waals surface area contributed by atoms with Crippen molar-refractivity contribution >= 4 is 52.1 Å². The summed E-state index contributed by atoms with van der Waals surface area (Å²) in [7, 11) is 2.18. The lowest BCUT2D eigenvalue weighted by Crippen LogP contribution is -3.12. The third kappa shape index (κ3) is 4.18. The van der Waals surface area contributed by atoms with Crippen LogP contribution in [0.4, 0.5) is 11.4 Å². The van der Waals surface area contributed by atoms with Crippen molar-refractivity contribution in [3.8, 4) is 5.75 Å². The minimum absolute atomic E-state index is 0.00439. The Morgan fingerprint density at radius 1 is 1.12 bits per heavy atom. The second-order valence-electron chi connectivity index (χ2n) is 6.35. The van der Waals surface area contributed by atoms with Crippen LogP contribution in [-0.4, -0.2) is 44.2 Å². The van der Waals surface area contributed by atoms with Gasteiger partial charge in [-0.05, 0) is 30.3 Å². The molecule has 1 saturated heterocycles. The Kier molecular flexibility index (Phi) is 5.82. The average Bonchev–Trinajstić information content (AvgIpc) is 2.59. The van der Waals surface area contributed by atoms with E-state index in [0.717, 1.165) is 31.9 Å². The summed E-state index contributed by atoms with van der Waals surface area (Å²) >= 11 is 18.2. The highest BCUT2D eigenvalue weighted by molar-refractivity contribution is 6.36. The van der Waals surface area contributed by atoms with Crippen LogP contribution in [0.3, 0.4) is 0 Å². The molecule has 2 aromatic carbocycles. The molecule has 1 heterocycles. The maximum Gasteiger partial charge on any atom is 0.259 e. The van der Waals surface area contributed by atoms with Gasteiger partial charge in [-0.1, -0.05) is 34.8 Å². The SMILES string of the molecule is C[NH+]1CCN(c2ccc(NC(=O)c3cc(Cl)cc(Cl)c3O)cc2Cl)CC1. The zero-order valence-corrected chi connectivity index (χ0v) is 16.4. The molecule has 8 heteroatoms. The van der Waals surface area contributed by atoms with E-state index in [-0.39, 0.29) is 21.4 Å². The molecule has 2 aromatic rings. The van der Waals surface area contributed by atoms with Gasteiger partial charge in [0.05, 0.1) is 54.5 Å². The number of hydrogen-bond donors (Lipinski definition) is 3. The fraction of sp³-hybridized carbons (Fsp3) is 0.278. The van der Waals surface area contributed by atoms with Crippen LogP contribution in [0.2, 0.25) is 15.1 Å². The van der Waals surface area contributed by atoms with Crippen molar-refractivity contribution in [3.63, 3.8) is 0 Å². The van der Waals surface area contributed by atoms with Gasteiger partial charge in [-0.25, -0.2) is 0 Å². The number of halogens is 3. The summed E-state index contributed by atoms with van der Waals surface area (Å²) in [4.78, 5) is 16.2. The number of benzene rings is 2. The summed E-state index contributed by atoms with van der Waals surface area (Å²) in [6.45, 7) is 3.99. The summed E-state index contributed by atoms with van der Waals surface area (Å²) in [5.41, 5.74) is 1.48. The van der Waals surface area contributed by atoms with Crippen LogP contribution in [0.5, 0.6) is 5.75 Å². The molecule has 1 amide bonds. The van der Waals surface area contributed by atoms with Gasteiger partial charge in [0.2, 0.25) is 0 Å². The number of aromatic hydroxyl groups is 1. The second kappa shape index (κ2) is 7.92. The number of amides is 1. The van der Waals surface area contributed by atoms with Crippen LogP contribution in [0.25, 0.3) is 0 Å². The molecule has 1 aliphatic rings. The molecular weight excluding hydrogens is 397 g/mol. The lowest BCUT2D eigenvalue weighted by Gasteiger charge is -2.32. The van der Waals surface area contributed by atoms with Crippen molar-refractivity contribution in [2.75, 3.05) is 43.4 Å². The number of likely N-dealkylation sites (N-methyl/N-ethyl adjacent to an activating group) is 1. The van der Waals surface area contributed by atoms with E-state index in [1.807, 2.05) is 6.07 Å². The van der Waals surface area contributed by atoms with Crippen molar-refractivity contribution in [2.45, 2.75) is 0 Å². The summed E-state index contributed by atoms with van der Waals surface area (Å²) in [6.07, 6.45) is 0. The number of nitrogens with one attached hydrogen (secondary N) is 2. The predicted octanol–water partition coefficient (Wildman–Crippen LogP) is 2.94. The Morgan fingerprint density at radius 3 is 2.46 bits per heavy atom. The van der Waals surface area contributed by atoms with Crippen molar-refractivity contribution in [1.82, 2.24) is 0 Å². The quantitative estimate of drug-likeness (QED) is 0.722. The van der Waals surface area contributed by atoms with Crippen LogP contribution < -0.4 is 15.1 Å². The van der Waals surface area contributed by atoms with E-state index in [4.69, 9.17) is 34.8 Å². The molecule has 0 aromatic heterocycles. The van der Waals surface area contributed by atoms with Crippen molar-refractivity contribution < 1.29 is 14.8 Å². The Balaban J connectivity index is 1.77. The average molecular weight is 416 g/mol. The van der Waals surface area contributed by atoms with E-state index < -0.39 is 5.91 Å². The first-order valence-electron chi connectivity index (χ1n) is 8.20. The van der Waals surface area contributed by atoms with Crippen LogP contribution in [0.1, 0.15) is 10.4 Å². The zero-order valence-electron chi connectivity index (χ0n) is 14.2. The molecule has 5 nitrogen and oxygen atoms in total. The monoisotopic (exact) mass is 414 g/mol. The molecule has 0 atom stereocenters. The number of hydrogen-bond acceptors (Lipinski definition) is 3. The smallest absolute Gasteiger partial charge is 0.259 e. The first-order valence-corrected chi connectivity index (χ1v) is 9.33. The second-order valence-corrected chi connectivity index (χ2v) is 7.60. The summed E-state index contributed by atoms with van der Waals surface area (Å²) in [5.74, 6) is -0.824. The zero-order chi connectivity index (χ0) is 18.8. The molecule has 0 bridgehead atoms. The Morgan fingerprint density at radius 2 is 1.81 bits per heavy atom. The standard InChI is InChI=1S/C18H18Cl3N3O2/c1-23-4-6-24(7-5-23)16-3-2-12(10-14(16)20)22-18(26)13-8-11(19)9-15(21)17(13)25/h2-3,8-10,25H,4-7H2,1H3,(H,22,26)/p+1. The van der Waals surface area contributed by atoms with Crippen LogP contribution in [0, 0.1) is 0 Å². The number of carbonyl (C=O) groups is 1. The molecule has 0 spiro atoms. The highest BCUT2D eigenvalue weighted by Gasteiger charge is 2.20. The molecule has 0 radical (unpaired) electrons. The summed E-state index contributed by atoms with van der Waals surface area (Å²) in [5, 5.41) is 13.5. The number of carbonyl (C=O) groups excluding carboxylic acids is 1. The van der Waals surface area contributed by atoms with Crippen LogP contribution in [0.15, 0.2) is 30.3 Å². The third-order valence-electron chi connectivity index (χ3n) is 4.44. The van der Waals surface area contributed by atoms with Gasteiger partial charge in [-0.2, -0.15) is 0 Å². The van der Waals surface area contributed by atoms with Gasteiger partial charge < -0.3 is 20.2 Å². The first kappa shape index (κ1) is 19.1. The van der Waals surface area contributed by atoms with E-state index in [1.165, 1.54) is 17.0 Å². The fourth-order valence-corrected chi connectivity index (χ4v) is 3.70. The minimum atomic E-state index is -0.515.